The number of benzene rings is 2. The Morgan fingerprint density at radius 3 is 2.70 bits per heavy atom. The molecule has 0 nitrogen and oxygen atoms in total. The molecule has 2 aromatic rings. The summed E-state index contributed by atoms with van der Waals surface area (Å²) >= 11 is 2.48. The number of fused-ring (bicyclic) bond motifs is 3. The van der Waals surface area contributed by atoms with Crippen LogP contribution in [0.5, 0.6) is 0 Å². The fourth-order valence-corrected chi connectivity index (χ4v) is 5.81. The Morgan fingerprint density at radius 2 is 1.85 bits per heavy atom. The summed E-state index contributed by atoms with van der Waals surface area (Å²) in [4.78, 5) is 0. The zero-order chi connectivity index (χ0) is 18.8. The summed E-state index contributed by atoms with van der Waals surface area (Å²) in [7, 11) is 0. The molecule has 0 amide bonds. The average molecular weight is 464 g/mol. The summed E-state index contributed by atoms with van der Waals surface area (Å²) in [6, 6.07) is 11.8. The van der Waals surface area contributed by atoms with Gasteiger partial charge in [0.05, 0.1) is 0 Å². The zero-order valence-corrected chi connectivity index (χ0v) is 18.4. The summed E-state index contributed by atoms with van der Waals surface area (Å²) in [6.07, 6.45) is 12.9. The molecule has 0 spiro atoms. The molecule has 1 heteroatoms. The monoisotopic (exact) mass is 464 g/mol. The van der Waals surface area contributed by atoms with Crippen molar-refractivity contribution in [1.82, 2.24) is 0 Å². The number of halogens is 1. The number of hydrogen-bond acceptors (Lipinski definition) is 0. The van der Waals surface area contributed by atoms with E-state index in [2.05, 4.69) is 98.0 Å². The topological polar surface area (TPSA) is 0 Å². The lowest BCUT2D eigenvalue weighted by atomic mass is 9.79. The van der Waals surface area contributed by atoms with Crippen LogP contribution in [0.25, 0.3) is 22.8 Å². The second-order valence-electron chi connectivity index (χ2n) is 8.75. The minimum Gasteiger partial charge on any atom is -0.0839 e. The van der Waals surface area contributed by atoms with E-state index in [-0.39, 0.29) is 5.41 Å². The maximum atomic E-state index is 2.48. The molecule has 1 atom stereocenters. The van der Waals surface area contributed by atoms with Crippen LogP contribution in [0.2, 0.25) is 0 Å². The molecule has 0 aliphatic heterocycles. The number of allylic oxidation sites excluding steroid dienone is 5. The fourth-order valence-electron chi connectivity index (χ4n) is 5.12. The molecular formula is C26H25I. The standard InChI is InChI=1S/C26H25I/c1-16-8-10-21-22(14-16)18(12-13-25(21)27)17-9-11-20-19-6-4-5-7-23(19)26(2,3)24(20)15-17/h5,7-13,15-16H,4,6,14H2,1-3H3/t16-/m0/s1. The lowest BCUT2D eigenvalue weighted by molar-refractivity contribution is 0.651. The van der Waals surface area contributed by atoms with Gasteiger partial charge in [0.1, 0.15) is 0 Å². The minimum absolute atomic E-state index is 0.105. The van der Waals surface area contributed by atoms with Gasteiger partial charge in [-0.15, -0.1) is 0 Å². The highest BCUT2D eigenvalue weighted by molar-refractivity contribution is 14.1. The third-order valence-corrected chi connectivity index (χ3v) is 7.54. The van der Waals surface area contributed by atoms with Gasteiger partial charge in [-0.2, -0.15) is 0 Å². The molecule has 2 aromatic carbocycles. The van der Waals surface area contributed by atoms with Gasteiger partial charge in [-0.1, -0.05) is 63.3 Å². The molecule has 3 aliphatic rings. The molecular weight excluding hydrogens is 439 g/mol. The molecule has 0 saturated carbocycles. The summed E-state index contributed by atoms with van der Waals surface area (Å²) in [5.74, 6) is 0.611. The van der Waals surface area contributed by atoms with Crippen molar-refractivity contribution in [2.45, 2.75) is 45.4 Å². The van der Waals surface area contributed by atoms with Gasteiger partial charge in [0.25, 0.3) is 0 Å². The van der Waals surface area contributed by atoms with Crippen molar-refractivity contribution in [2.75, 3.05) is 0 Å². The van der Waals surface area contributed by atoms with Crippen LogP contribution in [0.15, 0.2) is 54.1 Å². The van der Waals surface area contributed by atoms with E-state index in [9.17, 15) is 0 Å². The predicted octanol–water partition coefficient (Wildman–Crippen LogP) is 7.56. The second-order valence-corrected chi connectivity index (χ2v) is 9.91. The Hall–Kier alpha value is -1.61. The van der Waals surface area contributed by atoms with E-state index in [1.807, 2.05) is 0 Å². The van der Waals surface area contributed by atoms with Crippen LogP contribution in [0, 0.1) is 9.49 Å². The highest BCUT2D eigenvalue weighted by Crippen LogP contribution is 2.51. The minimum atomic E-state index is 0.105. The van der Waals surface area contributed by atoms with Crippen molar-refractivity contribution in [3.8, 4) is 11.1 Å². The first-order valence-corrected chi connectivity index (χ1v) is 11.1. The molecule has 0 N–H and O–H groups in total. The third kappa shape index (κ3) is 2.61. The van der Waals surface area contributed by atoms with Crippen molar-refractivity contribution >= 4 is 34.2 Å². The molecule has 0 aromatic heterocycles. The summed E-state index contributed by atoms with van der Waals surface area (Å²) in [6.45, 7) is 7.10. The first-order chi connectivity index (χ1) is 13.0. The van der Waals surface area contributed by atoms with Gasteiger partial charge in [-0.05, 0) is 104 Å². The molecule has 5 rings (SSSR count). The van der Waals surface area contributed by atoms with Crippen LogP contribution in [-0.2, 0) is 11.8 Å². The number of rotatable bonds is 1. The second kappa shape index (κ2) is 6.20. The van der Waals surface area contributed by atoms with E-state index >= 15 is 0 Å². The maximum absolute atomic E-state index is 2.48. The predicted molar refractivity (Wildman–Crippen MR) is 125 cm³/mol. The summed E-state index contributed by atoms with van der Waals surface area (Å²) < 4.78 is 1.36. The Morgan fingerprint density at radius 1 is 1.04 bits per heavy atom. The van der Waals surface area contributed by atoms with Crippen molar-refractivity contribution in [3.05, 3.63) is 80.0 Å². The van der Waals surface area contributed by atoms with Gasteiger partial charge in [0, 0.05) is 8.99 Å². The molecule has 0 bridgehead atoms. The van der Waals surface area contributed by atoms with Gasteiger partial charge < -0.3 is 0 Å². The highest BCUT2D eigenvalue weighted by Gasteiger charge is 2.37. The third-order valence-electron chi connectivity index (χ3n) is 6.59. The number of hydrogen-bond donors (Lipinski definition) is 0. The molecule has 0 heterocycles. The zero-order valence-electron chi connectivity index (χ0n) is 16.3. The van der Waals surface area contributed by atoms with Crippen LogP contribution in [0.4, 0.5) is 0 Å². The van der Waals surface area contributed by atoms with E-state index < -0.39 is 0 Å². The van der Waals surface area contributed by atoms with Gasteiger partial charge >= 0.3 is 0 Å². The van der Waals surface area contributed by atoms with E-state index in [1.165, 1.54) is 55.4 Å². The largest absolute Gasteiger partial charge is 0.0839 e. The molecule has 0 radical (unpaired) electrons. The van der Waals surface area contributed by atoms with Crippen LogP contribution >= 0.6 is 22.6 Å². The van der Waals surface area contributed by atoms with Crippen molar-refractivity contribution in [1.29, 1.82) is 0 Å². The molecule has 3 aliphatic carbocycles. The first-order valence-electron chi connectivity index (χ1n) is 10.0. The molecule has 27 heavy (non-hydrogen) atoms. The SMILES string of the molecule is C[C@H]1C=Cc2c(I)ccc(-c3ccc4c(c3)C(C)(C)C3=C4CCC=C3)c2C1. The molecule has 0 unspecified atom stereocenters. The summed E-state index contributed by atoms with van der Waals surface area (Å²) in [5.41, 5.74) is 11.9. The van der Waals surface area contributed by atoms with Gasteiger partial charge in [0.2, 0.25) is 0 Å². The lowest BCUT2D eigenvalue weighted by Gasteiger charge is -2.25. The average Bonchev–Trinajstić information content (AvgIpc) is 2.90. The van der Waals surface area contributed by atoms with Gasteiger partial charge in [-0.25, -0.2) is 0 Å². The smallest absolute Gasteiger partial charge is 0.0205 e. The van der Waals surface area contributed by atoms with Crippen LogP contribution in [0.1, 0.15) is 55.9 Å². The van der Waals surface area contributed by atoms with Gasteiger partial charge in [0.15, 0.2) is 0 Å². The highest BCUT2D eigenvalue weighted by atomic mass is 127. The van der Waals surface area contributed by atoms with E-state index in [0.717, 1.165) is 6.42 Å². The normalized spacial score (nSPS) is 21.9. The summed E-state index contributed by atoms with van der Waals surface area (Å²) in [5, 5.41) is 0. The van der Waals surface area contributed by atoms with Crippen LogP contribution in [0.3, 0.4) is 0 Å². The van der Waals surface area contributed by atoms with Gasteiger partial charge in [-0.3, -0.25) is 0 Å². The Labute approximate surface area is 176 Å². The van der Waals surface area contributed by atoms with E-state index in [4.69, 9.17) is 0 Å². The van der Waals surface area contributed by atoms with Crippen molar-refractivity contribution in [2.24, 2.45) is 5.92 Å². The Bertz CT molecular complexity index is 1050. The molecule has 0 saturated heterocycles. The first kappa shape index (κ1) is 17.5. The van der Waals surface area contributed by atoms with Crippen LogP contribution in [-0.4, -0.2) is 0 Å². The van der Waals surface area contributed by atoms with Crippen LogP contribution < -0.4 is 0 Å². The molecule has 136 valence electrons. The maximum Gasteiger partial charge on any atom is 0.0205 e. The van der Waals surface area contributed by atoms with Crippen molar-refractivity contribution < 1.29 is 0 Å². The Balaban J connectivity index is 1.68. The van der Waals surface area contributed by atoms with E-state index in [0.29, 0.717) is 5.92 Å². The lowest BCUT2D eigenvalue weighted by Crippen LogP contribution is -2.16. The van der Waals surface area contributed by atoms with E-state index in [1.54, 1.807) is 5.57 Å². The fraction of sp³-hybridized carbons (Fsp3) is 0.308. The van der Waals surface area contributed by atoms with Crippen molar-refractivity contribution in [3.63, 3.8) is 0 Å². The molecule has 0 fully saturated rings. The quantitative estimate of drug-likeness (QED) is 0.382. The Kier molecular flexibility index (Phi) is 4.02.